The van der Waals surface area contributed by atoms with Gasteiger partial charge in [-0.05, 0) is 60.0 Å². The molecular formula is C21H16FN3O2S2. The number of carbonyl (C=O) groups excluding carboxylic acids is 1. The van der Waals surface area contributed by atoms with Crippen LogP contribution in [0.15, 0.2) is 70.5 Å². The number of benzene rings is 2. The summed E-state index contributed by atoms with van der Waals surface area (Å²) < 4.78 is 20.2. The van der Waals surface area contributed by atoms with Gasteiger partial charge in [-0.25, -0.2) is 4.39 Å². The summed E-state index contributed by atoms with van der Waals surface area (Å²) in [6.07, 6.45) is 0. The number of hydrogen-bond donors (Lipinski definition) is 0. The number of ketones is 1. The van der Waals surface area contributed by atoms with Crippen molar-refractivity contribution < 1.29 is 13.9 Å². The van der Waals surface area contributed by atoms with Gasteiger partial charge in [0.25, 0.3) is 0 Å². The molecule has 4 rings (SSSR count). The number of aromatic nitrogens is 3. The number of thioether (sulfide) groups is 1. The van der Waals surface area contributed by atoms with Crippen LogP contribution in [0.5, 0.6) is 5.75 Å². The third kappa shape index (κ3) is 4.23. The van der Waals surface area contributed by atoms with E-state index < -0.39 is 0 Å². The second kappa shape index (κ2) is 8.59. The molecule has 0 fully saturated rings. The maximum atomic E-state index is 13.1. The van der Waals surface area contributed by atoms with Gasteiger partial charge < -0.3 is 4.74 Å². The Kier molecular flexibility index (Phi) is 5.73. The molecule has 2 aromatic heterocycles. The van der Waals surface area contributed by atoms with Crippen LogP contribution in [0.3, 0.4) is 0 Å². The number of methoxy groups -OCH3 is 1. The van der Waals surface area contributed by atoms with Crippen LogP contribution in [0, 0.1) is 5.82 Å². The van der Waals surface area contributed by atoms with Crippen molar-refractivity contribution in [3.63, 3.8) is 0 Å². The fourth-order valence-corrected chi connectivity index (χ4v) is 4.24. The summed E-state index contributed by atoms with van der Waals surface area (Å²) >= 11 is 2.87. The van der Waals surface area contributed by atoms with Gasteiger partial charge in [-0.3, -0.25) is 9.36 Å². The standard InChI is InChI=1S/C21H16FN3O2S2/c1-27-18-8-6-17(7-9-18)25-20(15-10-11-28-12-15)23-24-21(25)29-13-19(26)14-2-4-16(22)5-3-14/h2-12H,13H2,1H3. The molecule has 0 aliphatic carbocycles. The maximum Gasteiger partial charge on any atom is 0.196 e. The van der Waals surface area contributed by atoms with E-state index >= 15 is 0 Å². The van der Waals surface area contributed by atoms with Crippen LogP contribution in [0.4, 0.5) is 4.39 Å². The molecule has 0 aliphatic rings. The normalized spacial score (nSPS) is 10.8. The van der Waals surface area contributed by atoms with E-state index in [1.807, 2.05) is 45.7 Å². The van der Waals surface area contributed by atoms with E-state index in [1.165, 1.54) is 36.0 Å². The Morgan fingerprint density at radius 1 is 1.10 bits per heavy atom. The van der Waals surface area contributed by atoms with Crippen molar-refractivity contribution in [2.45, 2.75) is 5.16 Å². The zero-order valence-electron chi connectivity index (χ0n) is 15.4. The second-order valence-corrected chi connectivity index (χ2v) is 7.79. The molecule has 0 unspecified atom stereocenters. The van der Waals surface area contributed by atoms with Crippen LogP contribution < -0.4 is 4.74 Å². The molecule has 0 radical (unpaired) electrons. The number of thiophene rings is 1. The molecule has 146 valence electrons. The van der Waals surface area contributed by atoms with Crippen molar-refractivity contribution in [2.75, 3.05) is 12.9 Å². The smallest absolute Gasteiger partial charge is 0.196 e. The first-order valence-electron chi connectivity index (χ1n) is 8.69. The molecule has 5 nitrogen and oxygen atoms in total. The van der Waals surface area contributed by atoms with Crippen LogP contribution in [0.25, 0.3) is 17.1 Å². The van der Waals surface area contributed by atoms with Gasteiger partial charge in [0.2, 0.25) is 0 Å². The van der Waals surface area contributed by atoms with Crippen LogP contribution in [0.2, 0.25) is 0 Å². The van der Waals surface area contributed by atoms with Crippen molar-refractivity contribution in [3.05, 3.63) is 76.7 Å². The summed E-state index contributed by atoms with van der Waals surface area (Å²) in [5.74, 6) is 1.15. The van der Waals surface area contributed by atoms with E-state index in [0.29, 0.717) is 16.5 Å². The largest absolute Gasteiger partial charge is 0.497 e. The maximum absolute atomic E-state index is 13.1. The van der Waals surface area contributed by atoms with Gasteiger partial charge in [-0.2, -0.15) is 11.3 Å². The van der Waals surface area contributed by atoms with Crippen molar-refractivity contribution in [1.29, 1.82) is 0 Å². The van der Waals surface area contributed by atoms with Crippen molar-refractivity contribution in [2.24, 2.45) is 0 Å². The highest BCUT2D eigenvalue weighted by molar-refractivity contribution is 7.99. The Balaban J connectivity index is 1.64. The summed E-state index contributed by atoms with van der Waals surface area (Å²) in [7, 11) is 1.62. The number of carbonyl (C=O) groups is 1. The van der Waals surface area contributed by atoms with Crippen LogP contribution in [-0.2, 0) is 0 Å². The number of halogens is 1. The van der Waals surface area contributed by atoms with Gasteiger partial charge >= 0.3 is 0 Å². The van der Waals surface area contributed by atoms with Crippen molar-refractivity contribution in [1.82, 2.24) is 14.8 Å². The summed E-state index contributed by atoms with van der Waals surface area (Å²) in [5.41, 5.74) is 2.29. The van der Waals surface area contributed by atoms with Crippen molar-refractivity contribution >= 4 is 28.9 Å². The van der Waals surface area contributed by atoms with Gasteiger partial charge in [0.05, 0.1) is 12.9 Å². The predicted octanol–water partition coefficient (Wildman–Crippen LogP) is 5.12. The Hall–Kier alpha value is -2.97. The van der Waals surface area contributed by atoms with E-state index in [1.54, 1.807) is 18.4 Å². The molecule has 4 aromatic rings. The molecule has 0 saturated carbocycles. The Morgan fingerprint density at radius 2 is 1.86 bits per heavy atom. The first kappa shape index (κ1) is 19.4. The summed E-state index contributed by atoms with van der Waals surface area (Å²) in [4.78, 5) is 12.5. The van der Waals surface area contributed by atoms with E-state index in [0.717, 1.165) is 17.0 Å². The molecule has 2 aromatic carbocycles. The lowest BCUT2D eigenvalue weighted by Gasteiger charge is -2.10. The average Bonchev–Trinajstić information content (AvgIpc) is 3.42. The highest BCUT2D eigenvalue weighted by Crippen LogP contribution is 2.30. The van der Waals surface area contributed by atoms with Crippen molar-refractivity contribution in [3.8, 4) is 22.8 Å². The third-order valence-corrected chi connectivity index (χ3v) is 5.85. The van der Waals surface area contributed by atoms with Gasteiger partial charge in [-0.15, -0.1) is 10.2 Å². The van der Waals surface area contributed by atoms with Crippen LogP contribution in [0.1, 0.15) is 10.4 Å². The lowest BCUT2D eigenvalue weighted by molar-refractivity contribution is 0.102. The van der Waals surface area contributed by atoms with Gasteiger partial charge in [0, 0.05) is 22.2 Å². The third-order valence-electron chi connectivity index (χ3n) is 4.24. The van der Waals surface area contributed by atoms with E-state index in [2.05, 4.69) is 10.2 Å². The fraction of sp³-hybridized carbons (Fsp3) is 0.0952. The topological polar surface area (TPSA) is 57.0 Å². The lowest BCUT2D eigenvalue weighted by atomic mass is 10.1. The molecule has 0 aliphatic heterocycles. The van der Waals surface area contributed by atoms with E-state index in [9.17, 15) is 9.18 Å². The van der Waals surface area contributed by atoms with E-state index in [4.69, 9.17) is 4.74 Å². The summed E-state index contributed by atoms with van der Waals surface area (Å²) in [5, 5.41) is 13.2. The monoisotopic (exact) mass is 425 g/mol. The molecule has 0 atom stereocenters. The first-order chi connectivity index (χ1) is 14.2. The number of ether oxygens (including phenoxy) is 1. The summed E-state index contributed by atoms with van der Waals surface area (Å²) in [6, 6.07) is 15.1. The molecule has 0 spiro atoms. The number of hydrogen-bond acceptors (Lipinski definition) is 6. The molecule has 2 heterocycles. The molecule has 0 N–H and O–H groups in total. The number of Topliss-reactive ketones (excluding diaryl/α,β-unsaturated/α-hetero) is 1. The fourth-order valence-electron chi connectivity index (χ4n) is 2.76. The SMILES string of the molecule is COc1ccc(-n2c(SCC(=O)c3ccc(F)cc3)nnc2-c2ccsc2)cc1. The van der Waals surface area contributed by atoms with Crippen LogP contribution >= 0.6 is 23.1 Å². The van der Waals surface area contributed by atoms with E-state index in [-0.39, 0.29) is 17.4 Å². The minimum absolute atomic E-state index is 0.101. The molecular weight excluding hydrogens is 409 g/mol. The molecule has 0 amide bonds. The highest BCUT2D eigenvalue weighted by atomic mass is 32.2. The molecule has 8 heteroatoms. The number of nitrogens with zero attached hydrogens (tertiary/aromatic N) is 3. The Labute approximate surface area is 175 Å². The highest BCUT2D eigenvalue weighted by Gasteiger charge is 2.18. The Morgan fingerprint density at radius 3 is 2.52 bits per heavy atom. The van der Waals surface area contributed by atoms with Gasteiger partial charge in [0.15, 0.2) is 16.8 Å². The summed E-state index contributed by atoms with van der Waals surface area (Å²) in [6.45, 7) is 0. The molecule has 0 saturated heterocycles. The minimum atomic E-state index is -0.367. The zero-order valence-corrected chi connectivity index (χ0v) is 17.0. The van der Waals surface area contributed by atoms with Crippen LogP contribution in [-0.4, -0.2) is 33.4 Å². The predicted molar refractivity (Wildman–Crippen MR) is 113 cm³/mol. The second-order valence-electron chi connectivity index (χ2n) is 6.07. The zero-order chi connectivity index (χ0) is 20.2. The first-order valence-corrected chi connectivity index (χ1v) is 10.6. The van der Waals surface area contributed by atoms with Gasteiger partial charge in [0.1, 0.15) is 11.6 Å². The molecule has 29 heavy (non-hydrogen) atoms. The quantitative estimate of drug-likeness (QED) is 0.304. The number of rotatable bonds is 7. The van der Waals surface area contributed by atoms with Gasteiger partial charge in [-0.1, -0.05) is 11.8 Å². The Bertz CT molecular complexity index is 1110. The lowest BCUT2D eigenvalue weighted by Crippen LogP contribution is -2.05. The average molecular weight is 426 g/mol. The molecule has 0 bridgehead atoms. The minimum Gasteiger partial charge on any atom is -0.497 e.